The number of fused-ring (bicyclic) bond motifs is 1. The fourth-order valence-electron chi connectivity index (χ4n) is 1.83. The SMILES string of the molecule is Cc1ccc(C)c2c1OCCC2O. The zero-order chi connectivity index (χ0) is 9.42. The lowest BCUT2D eigenvalue weighted by Gasteiger charge is -2.25. The quantitative estimate of drug-likeness (QED) is 0.659. The van der Waals surface area contributed by atoms with Gasteiger partial charge in [0.15, 0.2) is 0 Å². The molecule has 0 saturated heterocycles. The van der Waals surface area contributed by atoms with Crippen LogP contribution in [0, 0.1) is 13.8 Å². The monoisotopic (exact) mass is 178 g/mol. The average Bonchev–Trinajstić information content (AvgIpc) is 2.12. The van der Waals surface area contributed by atoms with Crippen molar-refractivity contribution in [3.8, 4) is 5.75 Å². The van der Waals surface area contributed by atoms with Crippen molar-refractivity contribution in [2.24, 2.45) is 0 Å². The van der Waals surface area contributed by atoms with E-state index in [0.717, 1.165) is 22.4 Å². The van der Waals surface area contributed by atoms with Crippen molar-refractivity contribution < 1.29 is 9.84 Å². The van der Waals surface area contributed by atoms with Gasteiger partial charge in [0, 0.05) is 12.0 Å². The normalized spacial score (nSPS) is 20.7. The van der Waals surface area contributed by atoms with Crippen LogP contribution >= 0.6 is 0 Å². The minimum atomic E-state index is -0.344. The number of aliphatic hydroxyl groups excluding tert-OH is 1. The summed E-state index contributed by atoms with van der Waals surface area (Å²) in [5.74, 6) is 0.888. The van der Waals surface area contributed by atoms with E-state index in [1.165, 1.54) is 0 Å². The average molecular weight is 178 g/mol. The molecule has 0 aromatic heterocycles. The van der Waals surface area contributed by atoms with Gasteiger partial charge in [-0.05, 0) is 25.0 Å². The van der Waals surface area contributed by atoms with E-state index in [9.17, 15) is 5.11 Å². The van der Waals surface area contributed by atoms with Crippen LogP contribution in [0.1, 0.15) is 29.2 Å². The van der Waals surface area contributed by atoms with E-state index >= 15 is 0 Å². The molecule has 2 nitrogen and oxygen atoms in total. The summed E-state index contributed by atoms with van der Waals surface area (Å²) in [6.45, 7) is 4.64. The highest BCUT2D eigenvalue weighted by Crippen LogP contribution is 2.36. The van der Waals surface area contributed by atoms with Crippen LogP contribution in [-0.2, 0) is 0 Å². The zero-order valence-electron chi connectivity index (χ0n) is 8.00. The highest BCUT2D eigenvalue weighted by atomic mass is 16.5. The van der Waals surface area contributed by atoms with Gasteiger partial charge in [0.2, 0.25) is 0 Å². The highest BCUT2D eigenvalue weighted by molar-refractivity contribution is 5.47. The molecule has 0 fully saturated rings. The molecule has 70 valence electrons. The molecular weight excluding hydrogens is 164 g/mol. The number of aliphatic hydroxyl groups is 1. The molecular formula is C11H14O2. The van der Waals surface area contributed by atoms with Gasteiger partial charge in [0.1, 0.15) is 5.75 Å². The smallest absolute Gasteiger partial charge is 0.128 e. The van der Waals surface area contributed by atoms with Crippen molar-refractivity contribution in [3.05, 3.63) is 28.8 Å². The van der Waals surface area contributed by atoms with Crippen LogP contribution in [0.15, 0.2) is 12.1 Å². The van der Waals surface area contributed by atoms with E-state index in [4.69, 9.17) is 4.74 Å². The predicted molar refractivity (Wildman–Crippen MR) is 51.0 cm³/mol. The van der Waals surface area contributed by atoms with Crippen molar-refractivity contribution in [2.45, 2.75) is 26.4 Å². The predicted octanol–water partition coefficient (Wildman–Crippen LogP) is 2.12. The molecule has 1 aliphatic rings. The van der Waals surface area contributed by atoms with Gasteiger partial charge in [-0.1, -0.05) is 12.1 Å². The second kappa shape index (κ2) is 3.04. The van der Waals surface area contributed by atoms with Crippen molar-refractivity contribution in [1.29, 1.82) is 0 Å². The lowest BCUT2D eigenvalue weighted by molar-refractivity contribution is 0.114. The van der Waals surface area contributed by atoms with Crippen LogP contribution in [-0.4, -0.2) is 11.7 Å². The first kappa shape index (κ1) is 8.57. The zero-order valence-corrected chi connectivity index (χ0v) is 8.00. The van der Waals surface area contributed by atoms with Crippen molar-refractivity contribution in [2.75, 3.05) is 6.61 Å². The summed E-state index contributed by atoms with van der Waals surface area (Å²) in [5.41, 5.74) is 3.21. The molecule has 1 aromatic carbocycles. The van der Waals surface area contributed by atoms with Gasteiger partial charge in [0.05, 0.1) is 12.7 Å². The summed E-state index contributed by atoms with van der Waals surface area (Å²) in [6.07, 6.45) is 0.362. The number of benzene rings is 1. The van der Waals surface area contributed by atoms with Gasteiger partial charge < -0.3 is 9.84 Å². The van der Waals surface area contributed by atoms with Crippen LogP contribution in [0.2, 0.25) is 0 Å². The molecule has 0 spiro atoms. The van der Waals surface area contributed by atoms with Crippen molar-refractivity contribution in [3.63, 3.8) is 0 Å². The van der Waals surface area contributed by atoms with Crippen molar-refractivity contribution >= 4 is 0 Å². The third-order valence-corrected chi connectivity index (χ3v) is 2.58. The summed E-state index contributed by atoms with van der Waals surface area (Å²) in [7, 11) is 0. The number of hydrogen-bond acceptors (Lipinski definition) is 2. The second-order valence-electron chi connectivity index (χ2n) is 3.60. The molecule has 0 aliphatic carbocycles. The Morgan fingerprint density at radius 3 is 2.69 bits per heavy atom. The summed E-state index contributed by atoms with van der Waals surface area (Å²) < 4.78 is 5.55. The maximum atomic E-state index is 9.79. The van der Waals surface area contributed by atoms with Crippen LogP contribution in [0.5, 0.6) is 5.75 Å². The molecule has 1 aromatic rings. The van der Waals surface area contributed by atoms with Crippen LogP contribution in [0.3, 0.4) is 0 Å². The third kappa shape index (κ3) is 1.31. The maximum absolute atomic E-state index is 9.79. The second-order valence-corrected chi connectivity index (χ2v) is 3.60. The molecule has 0 radical (unpaired) electrons. The minimum absolute atomic E-state index is 0.344. The molecule has 0 saturated carbocycles. The van der Waals surface area contributed by atoms with Gasteiger partial charge in [0.25, 0.3) is 0 Å². The molecule has 1 heterocycles. The molecule has 0 bridgehead atoms. The standard InChI is InChI=1S/C11H14O2/c1-7-3-4-8(2)11-10(7)9(12)5-6-13-11/h3-4,9,12H,5-6H2,1-2H3. The Labute approximate surface area is 78.2 Å². The van der Waals surface area contributed by atoms with Gasteiger partial charge in [-0.15, -0.1) is 0 Å². The van der Waals surface area contributed by atoms with E-state index in [2.05, 4.69) is 0 Å². The summed E-state index contributed by atoms with van der Waals surface area (Å²) in [6, 6.07) is 4.07. The Morgan fingerprint density at radius 1 is 1.31 bits per heavy atom. The Balaban J connectivity index is 2.60. The van der Waals surface area contributed by atoms with Gasteiger partial charge in [-0.25, -0.2) is 0 Å². The highest BCUT2D eigenvalue weighted by Gasteiger charge is 2.22. The van der Waals surface area contributed by atoms with E-state index < -0.39 is 0 Å². The molecule has 13 heavy (non-hydrogen) atoms. The summed E-state index contributed by atoms with van der Waals surface area (Å²) in [5, 5.41) is 9.79. The van der Waals surface area contributed by atoms with E-state index in [0.29, 0.717) is 13.0 Å². The Hall–Kier alpha value is -1.02. The van der Waals surface area contributed by atoms with Crippen LogP contribution < -0.4 is 4.74 Å². The lowest BCUT2D eigenvalue weighted by atomic mass is 9.96. The number of ether oxygens (including phenoxy) is 1. The van der Waals surface area contributed by atoms with Crippen molar-refractivity contribution in [1.82, 2.24) is 0 Å². The molecule has 1 atom stereocenters. The first-order valence-corrected chi connectivity index (χ1v) is 4.61. The Bertz CT molecular complexity index is 331. The summed E-state index contributed by atoms with van der Waals surface area (Å²) >= 11 is 0. The first-order valence-electron chi connectivity index (χ1n) is 4.61. The number of aryl methyl sites for hydroxylation is 2. The van der Waals surface area contributed by atoms with Gasteiger partial charge in [-0.3, -0.25) is 0 Å². The fraction of sp³-hybridized carbons (Fsp3) is 0.455. The maximum Gasteiger partial charge on any atom is 0.128 e. The Kier molecular flexibility index (Phi) is 2.00. The largest absolute Gasteiger partial charge is 0.493 e. The van der Waals surface area contributed by atoms with E-state index in [1.54, 1.807) is 0 Å². The Morgan fingerprint density at radius 2 is 2.00 bits per heavy atom. The van der Waals surface area contributed by atoms with Crippen LogP contribution in [0.25, 0.3) is 0 Å². The fourth-order valence-corrected chi connectivity index (χ4v) is 1.83. The van der Waals surface area contributed by atoms with E-state index in [-0.39, 0.29) is 6.10 Å². The number of rotatable bonds is 0. The summed E-state index contributed by atoms with van der Waals surface area (Å²) in [4.78, 5) is 0. The molecule has 1 N–H and O–H groups in total. The first-order chi connectivity index (χ1) is 6.20. The topological polar surface area (TPSA) is 29.5 Å². The molecule has 0 amide bonds. The van der Waals surface area contributed by atoms with E-state index in [1.807, 2.05) is 26.0 Å². The third-order valence-electron chi connectivity index (χ3n) is 2.58. The molecule has 1 unspecified atom stereocenters. The van der Waals surface area contributed by atoms with Crippen LogP contribution in [0.4, 0.5) is 0 Å². The lowest BCUT2D eigenvalue weighted by Crippen LogP contribution is -2.15. The number of hydrogen-bond donors (Lipinski definition) is 1. The van der Waals surface area contributed by atoms with Gasteiger partial charge >= 0.3 is 0 Å². The molecule has 2 rings (SSSR count). The molecule has 2 heteroatoms. The van der Waals surface area contributed by atoms with Gasteiger partial charge in [-0.2, -0.15) is 0 Å². The molecule has 1 aliphatic heterocycles. The minimum Gasteiger partial charge on any atom is -0.493 e.